The number of halogens is 2. The van der Waals surface area contributed by atoms with Crippen LogP contribution in [0.5, 0.6) is 0 Å². The fourth-order valence-electron chi connectivity index (χ4n) is 2.87. The van der Waals surface area contributed by atoms with Crippen LogP contribution < -0.4 is 5.32 Å². The summed E-state index contributed by atoms with van der Waals surface area (Å²) in [5, 5.41) is 4.14. The Bertz CT molecular complexity index is 466. The Hall–Kier alpha value is -0.600. The Morgan fingerprint density at radius 3 is 2.58 bits per heavy atom. The third-order valence-corrected chi connectivity index (χ3v) is 4.44. The van der Waals surface area contributed by atoms with Gasteiger partial charge in [0, 0.05) is 22.5 Å². The van der Waals surface area contributed by atoms with Crippen molar-refractivity contribution in [1.29, 1.82) is 0 Å². The van der Waals surface area contributed by atoms with Gasteiger partial charge in [-0.15, -0.1) is 0 Å². The van der Waals surface area contributed by atoms with Gasteiger partial charge in [0.15, 0.2) is 0 Å². The minimum absolute atomic E-state index is 0.0837. The van der Waals surface area contributed by atoms with Crippen LogP contribution in [0.4, 0.5) is 4.39 Å². The first-order chi connectivity index (χ1) is 8.78. The zero-order chi connectivity index (χ0) is 14.3. The molecule has 1 nitrogen and oxygen atoms in total. The van der Waals surface area contributed by atoms with E-state index in [0.717, 1.165) is 24.9 Å². The van der Waals surface area contributed by atoms with E-state index in [1.165, 1.54) is 12.1 Å². The van der Waals surface area contributed by atoms with Crippen molar-refractivity contribution in [3.8, 4) is 0 Å². The summed E-state index contributed by atoms with van der Waals surface area (Å²) in [5.41, 5.74) is 1.27. The second-order valence-corrected chi connectivity index (χ2v) is 7.10. The van der Waals surface area contributed by atoms with Gasteiger partial charge in [-0.2, -0.15) is 0 Å². The fraction of sp³-hybridized carbons (Fsp3) is 0.625. The van der Waals surface area contributed by atoms with E-state index >= 15 is 0 Å². The average Bonchev–Trinajstić information content (AvgIpc) is 3.00. The summed E-state index contributed by atoms with van der Waals surface area (Å²) in [4.78, 5) is 0. The molecule has 2 atom stereocenters. The summed E-state index contributed by atoms with van der Waals surface area (Å²) in [6.07, 6.45) is 2.28. The zero-order valence-corrected chi connectivity index (χ0v) is 12.9. The van der Waals surface area contributed by atoms with Gasteiger partial charge in [0.05, 0.1) is 0 Å². The van der Waals surface area contributed by atoms with Crippen LogP contribution in [0.15, 0.2) is 18.2 Å². The molecule has 0 aromatic heterocycles. The maximum atomic E-state index is 13.2. The van der Waals surface area contributed by atoms with Gasteiger partial charge in [-0.05, 0) is 50.8 Å². The molecule has 0 amide bonds. The van der Waals surface area contributed by atoms with Gasteiger partial charge in [0.1, 0.15) is 5.82 Å². The van der Waals surface area contributed by atoms with E-state index < -0.39 is 0 Å². The smallest absolute Gasteiger partial charge is 0.124 e. The molecule has 1 fully saturated rings. The number of rotatable bonds is 4. The zero-order valence-electron chi connectivity index (χ0n) is 12.2. The first kappa shape index (κ1) is 14.8. The summed E-state index contributed by atoms with van der Waals surface area (Å²) in [6.45, 7) is 9.60. The molecule has 1 aromatic rings. The Kier molecular flexibility index (Phi) is 3.95. The number of benzene rings is 1. The predicted molar refractivity (Wildman–Crippen MR) is 79.2 cm³/mol. The van der Waals surface area contributed by atoms with Gasteiger partial charge < -0.3 is 5.32 Å². The lowest BCUT2D eigenvalue weighted by atomic mass is 9.91. The molecular weight excluding hydrogens is 261 g/mol. The lowest BCUT2D eigenvalue weighted by Crippen LogP contribution is -2.41. The lowest BCUT2D eigenvalue weighted by molar-refractivity contribution is 0.388. The molecule has 1 N–H and O–H groups in total. The van der Waals surface area contributed by atoms with E-state index in [1.807, 2.05) is 6.07 Å². The van der Waals surface area contributed by atoms with Crippen LogP contribution in [0, 0.1) is 11.7 Å². The van der Waals surface area contributed by atoms with Crippen molar-refractivity contribution in [3.63, 3.8) is 0 Å². The molecule has 1 saturated carbocycles. The monoisotopic (exact) mass is 283 g/mol. The maximum absolute atomic E-state index is 13.2. The Morgan fingerprint density at radius 1 is 1.42 bits per heavy atom. The van der Waals surface area contributed by atoms with E-state index in [9.17, 15) is 4.39 Å². The summed E-state index contributed by atoms with van der Waals surface area (Å²) >= 11 is 6.26. The Labute approximate surface area is 120 Å². The second kappa shape index (κ2) is 5.06. The largest absolute Gasteiger partial charge is 0.311 e. The molecule has 0 heterocycles. The van der Waals surface area contributed by atoms with Crippen LogP contribution in [-0.2, 0) is 5.41 Å². The molecule has 19 heavy (non-hydrogen) atoms. The average molecular weight is 284 g/mol. The first-order valence-electron chi connectivity index (χ1n) is 6.99. The summed E-state index contributed by atoms with van der Waals surface area (Å²) < 4.78 is 13.2. The Morgan fingerprint density at radius 2 is 2.11 bits per heavy atom. The van der Waals surface area contributed by atoms with E-state index in [4.69, 9.17) is 11.6 Å². The highest BCUT2D eigenvalue weighted by molar-refractivity contribution is 6.31. The summed E-state index contributed by atoms with van der Waals surface area (Å²) in [6, 6.07) is 4.81. The molecule has 1 aromatic carbocycles. The van der Waals surface area contributed by atoms with Crippen molar-refractivity contribution in [2.24, 2.45) is 5.92 Å². The third-order valence-electron chi connectivity index (χ3n) is 4.13. The van der Waals surface area contributed by atoms with E-state index in [1.54, 1.807) is 0 Å². The highest BCUT2D eigenvalue weighted by Crippen LogP contribution is 2.57. The van der Waals surface area contributed by atoms with Gasteiger partial charge in [-0.1, -0.05) is 31.0 Å². The van der Waals surface area contributed by atoms with Crippen LogP contribution in [0.3, 0.4) is 0 Å². The van der Waals surface area contributed by atoms with Gasteiger partial charge >= 0.3 is 0 Å². The Balaban J connectivity index is 2.25. The van der Waals surface area contributed by atoms with E-state index in [2.05, 4.69) is 33.0 Å². The molecule has 0 radical (unpaired) electrons. The molecular formula is C16H23ClFN. The van der Waals surface area contributed by atoms with Crippen molar-refractivity contribution in [3.05, 3.63) is 34.6 Å². The van der Waals surface area contributed by atoms with Gasteiger partial charge in [-0.25, -0.2) is 4.39 Å². The standard InChI is InChI=1S/C16H23ClFN/c1-5-11-9-16(11,10-19-15(2,3)4)13-7-6-12(18)8-14(13)17/h6-8,11,19H,5,9-10H2,1-4H3. The maximum Gasteiger partial charge on any atom is 0.124 e. The molecule has 0 saturated heterocycles. The highest BCUT2D eigenvalue weighted by atomic mass is 35.5. The number of hydrogen-bond donors (Lipinski definition) is 1. The van der Waals surface area contributed by atoms with Crippen LogP contribution in [0.25, 0.3) is 0 Å². The number of hydrogen-bond acceptors (Lipinski definition) is 1. The third kappa shape index (κ3) is 3.11. The molecule has 3 heteroatoms. The van der Waals surface area contributed by atoms with Crippen molar-refractivity contribution >= 4 is 11.6 Å². The van der Waals surface area contributed by atoms with Gasteiger partial charge in [0.25, 0.3) is 0 Å². The quantitative estimate of drug-likeness (QED) is 0.856. The molecule has 1 aliphatic carbocycles. The normalized spacial score (nSPS) is 26.5. The molecule has 2 rings (SSSR count). The van der Waals surface area contributed by atoms with E-state index in [-0.39, 0.29) is 16.8 Å². The van der Waals surface area contributed by atoms with Crippen LogP contribution in [-0.4, -0.2) is 12.1 Å². The molecule has 1 aliphatic rings. The summed E-state index contributed by atoms with van der Waals surface area (Å²) in [5.74, 6) is 0.381. The van der Waals surface area contributed by atoms with Gasteiger partial charge in [0.2, 0.25) is 0 Å². The second-order valence-electron chi connectivity index (χ2n) is 6.69. The van der Waals surface area contributed by atoms with E-state index in [0.29, 0.717) is 10.9 Å². The van der Waals surface area contributed by atoms with Crippen molar-refractivity contribution < 1.29 is 4.39 Å². The molecule has 106 valence electrons. The van der Waals surface area contributed by atoms with Crippen LogP contribution >= 0.6 is 11.6 Å². The highest BCUT2D eigenvalue weighted by Gasteiger charge is 2.54. The van der Waals surface area contributed by atoms with Crippen molar-refractivity contribution in [2.75, 3.05) is 6.54 Å². The summed E-state index contributed by atoms with van der Waals surface area (Å²) in [7, 11) is 0. The fourth-order valence-corrected chi connectivity index (χ4v) is 3.23. The minimum atomic E-state index is -0.263. The topological polar surface area (TPSA) is 12.0 Å². The predicted octanol–water partition coefficient (Wildman–Crippen LogP) is 4.53. The molecule has 2 unspecified atom stereocenters. The lowest BCUT2D eigenvalue weighted by Gasteiger charge is -2.27. The van der Waals surface area contributed by atoms with Crippen molar-refractivity contribution in [2.45, 2.75) is 51.5 Å². The van der Waals surface area contributed by atoms with Crippen LogP contribution in [0.1, 0.15) is 46.1 Å². The molecule has 0 spiro atoms. The molecule has 0 bridgehead atoms. The SMILES string of the molecule is CCC1CC1(CNC(C)(C)C)c1ccc(F)cc1Cl. The first-order valence-corrected chi connectivity index (χ1v) is 7.37. The number of nitrogens with one attached hydrogen (secondary N) is 1. The minimum Gasteiger partial charge on any atom is -0.311 e. The van der Waals surface area contributed by atoms with Gasteiger partial charge in [-0.3, -0.25) is 0 Å². The molecule has 0 aliphatic heterocycles. The van der Waals surface area contributed by atoms with Crippen molar-refractivity contribution in [1.82, 2.24) is 5.32 Å². The van der Waals surface area contributed by atoms with Crippen LogP contribution in [0.2, 0.25) is 5.02 Å².